The zero-order valence-electron chi connectivity index (χ0n) is 14.9. The van der Waals surface area contributed by atoms with Gasteiger partial charge in [0, 0.05) is 38.9 Å². The Morgan fingerprint density at radius 3 is 2.77 bits per heavy atom. The van der Waals surface area contributed by atoms with Gasteiger partial charge in [-0.05, 0) is 18.6 Å². The Hall–Kier alpha value is -2.29. The number of carbonyl (C=O) groups is 1. The normalized spacial score (nSPS) is 14.7. The van der Waals surface area contributed by atoms with Crippen LogP contribution in [0, 0.1) is 0 Å². The Morgan fingerprint density at radius 2 is 2.08 bits per heavy atom. The van der Waals surface area contributed by atoms with Crippen molar-refractivity contribution in [2.45, 2.75) is 31.5 Å². The lowest BCUT2D eigenvalue weighted by atomic mass is 10.3. The number of pyridine rings is 1. The molecule has 1 saturated heterocycles. The summed E-state index contributed by atoms with van der Waals surface area (Å²) in [7, 11) is 0. The predicted octanol–water partition coefficient (Wildman–Crippen LogP) is 1.21. The average Bonchev–Trinajstić information content (AvgIpc) is 3.04. The van der Waals surface area contributed by atoms with Crippen molar-refractivity contribution < 1.29 is 4.79 Å². The summed E-state index contributed by atoms with van der Waals surface area (Å²) in [4.78, 5) is 32.7. The number of nitrogens with zero attached hydrogens (tertiary/aromatic N) is 5. The summed E-state index contributed by atoms with van der Waals surface area (Å²) in [6, 6.07) is 5.86. The SMILES string of the molecule is CCCCn1c(SCC(=O)N2CCN(c3ccccn3)CC2)n[nH]c1=O. The Bertz CT molecular complexity index is 767. The van der Waals surface area contributed by atoms with E-state index >= 15 is 0 Å². The third-order valence-corrected chi connectivity index (χ3v) is 5.35. The number of rotatable bonds is 7. The van der Waals surface area contributed by atoms with Crippen LogP contribution in [0.1, 0.15) is 19.8 Å². The minimum Gasteiger partial charge on any atom is -0.353 e. The van der Waals surface area contributed by atoms with E-state index < -0.39 is 0 Å². The highest BCUT2D eigenvalue weighted by Crippen LogP contribution is 2.17. The highest BCUT2D eigenvalue weighted by atomic mass is 32.2. The average molecular weight is 376 g/mol. The number of hydrogen-bond donors (Lipinski definition) is 1. The zero-order valence-corrected chi connectivity index (χ0v) is 15.7. The first-order valence-electron chi connectivity index (χ1n) is 8.90. The highest BCUT2D eigenvalue weighted by molar-refractivity contribution is 7.99. The minimum absolute atomic E-state index is 0.0770. The molecule has 2 aromatic heterocycles. The summed E-state index contributed by atoms with van der Waals surface area (Å²) >= 11 is 1.32. The lowest BCUT2D eigenvalue weighted by Gasteiger charge is -2.35. The van der Waals surface area contributed by atoms with Crippen molar-refractivity contribution in [2.24, 2.45) is 0 Å². The smallest absolute Gasteiger partial charge is 0.343 e. The van der Waals surface area contributed by atoms with Gasteiger partial charge in [0.1, 0.15) is 5.82 Å². The van der Waals surface area contributed by atoms with Crippen LogP contribution in [0.5, 0.6) is 0 Å². The number of amides is 1. The summed E-state index contributed by atoms with van der Waals surface area (Å²) in [5.74, 6) is 1.32. The van der Waals surface area contributed by atoms with Crippen molar-refractivity contribution in [1.82, 2.24) is 24.6 Å². The van der Waals surface area contributed by atoms with Crippen molar-refractivity contribution in [3.05, 3.63) is 34.9 Å². The summed E-state index contributed by atoms with van der Waals surface area (Å²) in [6.45, 7) is 5.61. The molecule has 1 amide bonds. The van der Waals surface area contributed by atoms with Crippen LogP contribution in [-0.2, 0) is 11.3 Å². The summed E-state index contributed by atoms with van der Waals surface area (Å²) in [5, 5.41) is 7.10. The highest BCUT2D eigenvalue weighted by Gasteiger charge is 2.22. The number of H-pyrrole nitrogens is 1. The van der Waals surface area contributed by atoms with Crippen LogP contribution in [0.3, 0.4) is 0 Å². The molecule has 9 heteroatoms. The van der Waals surface area contributed by atoms with Gasteiger partial charge in [0.25, 0.3) is 0 Å². The van der Waals surface area contributed by atoms with E-state index in [0.29, 0.717) is 30.5 Å². The van der Waals surface area contributed by atoms with Gasteiger partial charge >= 0.3 is 5.69 Å². The second-order valence-corrected chi connectivity index (χ2v) is 7.10. The molecule has 0 bridgehead atoms. The Labute approximate surface area is 156 Å². The van der Waals surface area contributed by atoms with Gasteiger partial charge in [-0.1, -0.05) is 31.2 Å². The first kappa shape index (κ1) is 18.5. The molecule has 26 heavy (non-hydrogen) atoms. The van der Waals surface area contributed by atoms with Gasteiger partial charge in [0.15, 0.2) is 5.16 Å². The zero-order chi connectivity index (χ0) is 18.4. The largest absolute Gasteiger partial charge is 0.353 e. The van der Waals surface area contributed by atoms with Gasteiger partial charge in [-0.25, -0.2) is 14.9 Å². The van der Waals surface area contributed by atoms with E-state index in [0.717, 1.165) is 31.7 Å². The first-order valence-corrected chi connectivity index (χ1v) is 9.89. The van der Waals surface area contributed by atoms with Gasteiger partial charge in [-0.15, -0.1) is 5.10 Å². The molecule has 1 fully saturated rings. The quantitative estimate of drug-likeness (QED) is 0.731. The fraction of sp³-hybridized carbons (Fsp3) is 0.529. The molecule has 0 atom stereocenters. The molecular formula is C17H24N6O2S. The summed E-state index contributed by atoms with van der Waals surface area (Å²) in [5.41, 5.74) is -0.211. The van der Waals surface area contributed by atoms with Gasteiger partial charge in [-0.2, -0.15) is 0 Å². The van der Waals surface area contributed by atoms with E-state index in [1.807, 2.05) is 23.1 Å². The molecule has 8 nitrogen and oxygen atoms in total. The van der Waals surface area contributed by atoms with Crippen LogP contribution in [0.2, 0.25) is 0 Å². The monoisotopic (exact) mass is 376 g/mol. The molecule has 1 aliphatic heterocycles. The fourth-order valence-electron chi connectivity index (χ4n) is 2.87. The van der Waals surface area contributed by atoms with Gasteiger partial charge in [0.2, 0.25) is 5.91 Å². The molecule has 0 aromatic carbocycles. The fourth-order valence-corrected chi connectivity index (χ4v) is 3.75. The number of unbranched alkanes of at least 4 members (excludes halogenated alkanes) is 1. The van der Waals surface area contributed by atoms with Crippen LogP contribution >= 0.6 is 11.8 Å². The van der Waals surface area contributed by atoms with Crippen molar-refractivity contribution in [3.63, 3.8) is 0 Å². The number of aromatic amines is 1. The molecular weight excluding hydrogens is 352 g/mol. The Balaban J connectivity index is 1.50. The van der Waals surface area contributed by atoms with E-state index in [1.165, 1.54) is 11.8 Å². The molecule has 0 spiro atoms. The van der Waals surface area contributed by atoms with E-state index in [9.17, 15) is 9.59 Å². The maximum Gasteiger partial charge on any atom is 0.343 e. The topological polar surface area (TPSA) is 87.1 Å². The van der Waals surface area contributed by atoms with Crippen molar-refractivity contribution in [3.8, 4) is 0 Å². The van der Waals surface area contributed by atoms with Crippen LogP contribution < -0.4 is 10.6 Å². The van der Waals surface area contributed by atoms with E-state index in [-0.39, 0.29) is 11.6 Å². The molecule has 0 saturated carbocycles. The van der Waals surface area contributed by atoms with Crippen LogP contribution in [0.15, 0.2) is 34.3 Å². The molecule has 0 aliphatic carbocycles. The van der Waals surface area contributed by atoms with Crippen LogP contribution in [0.4, 0.5) is 5.82 Å². The van der Waals surface area contributed by atoms with Crippen molar-refractivity contribution in [2.75, 3.05) is 36.8 Å². The lowest BCUT2D eigenvalue weighted by Crippen LogP contribution is -2.49. The number of nitrogens with one attached hydrogen (secondary N) is 1. The molecule has 0 unspecified atom stereocenters. The molecule has 1 aliphatic rings. The maximum atomic E-state index is 12.5. The minimum atomic E-state index is -0.211. The summed E-state index contributed by atoms with van der Waals surface area (Å²) < 4.78 is 1.61. The number of anilines is 1. The maximum absolute atomic E-state index is 12.5. The first-order chi connectivity index (χ1) is 12.7. The second kappa shape index (κ2) is 8.88. The Kier molecular flexibility index (Phi) is 6.32. The molecule has 0 radical (unpaired) electrons. The third kappa shape index (κ3) is 4.46. The summed E-state index contributed by atoms with van der Waals surface area (Å²) in [6.07, 6.45) is 3.70. The molecule has 3 heterocycles. The predicted molar refractivity (Wildman–Crippen MR) is 102 cm³/mol. The van der Waals surface area contributed by atoms with Gasteiger partial charge < -0.3 is 9.80 Å². The Morgan fingerprint density at radius 1 is 1.27 bits per heavy atom. The van der Waals surface area contributed by atoms with Crippen molar-refractivity contribution >= 4 is 23.5 Å². The molecule has 1 N–H and O–H groups in total. The number of aromatic nitrogens is 4. The molecule has 2 aromatic rings. The van der Waals surface area contributed by atoms with E-state index in [1.54, 1.807) is 10.8 Å². The number of hydrogen-bond acceptors (Lipinski definition) is 6. The van der Waals surface area contributed by atoms with Crippen LogP contribution in [-0.4, -0.2) is 62.5 Å². The lowest BCUT2D eigenvalue weighted by molar-refractivity contribution is -0.128. The van der Waals surface area contributed by atoms with Crippen LogP contribution in [0.25, 0.3) is 0 Å². The van der Waals surface area contributed by atoms with Gasteiger partial charge in [0.05, 0.1) is 5.75 Å². The standard InChI is InChI=1S/C17H24N6O2S/c1-2-3-8-23-16(25)19-20-17(23)26-13-15(24)22-11-9-21(10-12-22)14-6-4-5-7-18-14/h4-7H,2-3,8-13H2,1H3,(H,19,25). The van der Waals surface area contributed by atoms with E-state index in [4.69, 9.17) is 0 Å². The van der Waals surface area contributed by atoms with E-state index in [2.05, 4.69) is 27.0 Å². The van der Waals surface area contributed by atoms with Gasteiger partial charge in [-0.3, -0.25) is 9.36 Å². The third-order valence-electron chi connectivity index (χ3n) is 4.39. The number of thioether (sulfide) groups is 1. The molecule has 140 valence electrons. The number of carbonyl (C=O) groups excluding carboxylic acids is 1. The number of piperazine rings is 1. The molecule has 3 rings (SSSR count). The second-order valence-electron chi connectivity index (χ2n) is 6.16. The van der Waals surface area contributed by atoms with Crippen molar-refractivity contribution in [1.29, 1.82) is 0 Å².